The Morgan fingerprint density at radius 2 is 2.12 bits per heavy atom. The topological polar surface area (TPSA) is 127 Å². The lowest BCUT2D eigenvalue weighted by Gasteiger charge is -2.11. The molecule has 88 valence electrons. The van der Waals surface area contributed by atoms with Crippen LogP contribution in [-0.4, -0.2) is 34.7 Å². The van der Waals surface area contributed by atoms with Gasteiger partial charge in [-0.2, -0.15) is 0 Å². The number of carboxylic acid groups (broad SMARTS) is 1. The molecule has 1 fully saturated rings. The maximum absolute atomic E-state index is 11.6. The van der Waals surface area contributed by atoms with Crippen molar-refractivity contribution in [1.29, 1.82) is 0 Å². The quantitative estimate of drug-likeness (QED) is 0.384. The number of rotatable bonds is 5. The second kappa shape index (κ2) is 4.84. The largest absolute Gasteiger partial charge is 0.481 e. The molecular weight excluding hydrogens is 216 g/mol. The van der Waals surface area contributed by atoms with Gasteiger partial charge in [-0.1, -0.05) is 0 Å². The molecule has 0 spiro atoms. The molecule has 0 bridgehead atoms. The summed E-state index contributed by atoms with van der Waals surface area (Å²) in [6.45, 7) is 0. The minimum absolute atomic E-state index is 0.0356. The number of hydrogen-bond donors (Lipinski definition) is 3. The third-order valence-corrected chi connectivity index (χ3v) is 2.35. The Kier molecular flexibility index (Phi) is 3.73. The van der Waals surface area contributed by atoms with Crippen molar-refractivity contribution in [3.63, 3.8) is 0 Å². The summed E-state index contributed by atoms with van der Waals surface area (Å²) in [6, 6.07) is -1.02. The van der Waals surface area contributed by atoms with E-state index >= 15 is 0 Å². The molecular formula is C9H12N2O5. The van der Waals surface area contributed by atoms with Gasteiger partial charge in [0.05, 0.1) is 6.04 Å². The van der Waals surface area contributed by atoms with Crippen molar-refractivity contribution in [2.45, 2.75) is 25.3 Å². The van der Waals surface area contributed by atoms with Crippen molar-refractivity contribution >= 4 is 23.6 Å². The van der Waals surface area contributed by atoms with E-state index in [9.17, 15) is 19.2 Å². The van der Waals surface area contributed by atoms with Gasteiger partial charge in [0.25, 0.3) is 0 Å². The molecule has 0 aromatic carbocycles. The first-order chi connectivity index (χ1) is 7.41. The van der Waals surface area contributed by atoms with Crippen LogP contribution in [0, 0.1) is 5.92 Å². The minimum Gasteiger partial charge on any atom is -0.481 e. The van der Waals surface area contributed by atoms with E-state index in [1.807, 2.05) is 5.32 Å². The van der Waals surface area contributed by atoms with E-state index in [0.717, 1.165) is 0 Å². The average molecular weight is 228 g/mol. The van der Waals surface area contributed by atoms with Crippen LogP contribution in [0.4, 0.5) is 0 Å². The lowest BCUT2D eigenvalue weighted by atomic mass is 9.94. The van der Waals surface area contributed by atoms with Crippen molar-refractivity contribution in [2.75, 3.05) is 0 Å². The monoisotopic (exact) mass is 228 g/mol. The van der Waals surface area contributed by atoms with Crippen molar-refractivity contribution in [1.82, 2.24) is 5.32 Å². The van der Waals surface area contributed by atoms with E-state index in [1.165, 1.54) is 0 Å². The number of hydrogen-bond acceptors (Lipinski definition) is 5. The lowest BCUT2D eigenvalue weighted by Crippen LogP contribution is -2.39. The van der Waals surface area contributed by atoms with Gasteiger partial charge in [0.2, 0.25) is 11.8 Å². The van der Waals surface area contributed by atoms with E-state index in [4.69, 9.17) is 10.8 Å². The summed E-state index contributed by atoms with van der Waals surface area (Å²) >= 11 is 0. The lowest BCUT2D eigenvalue weighted by molar-refractivity contribution is -0.137. The van der Waals surface area contributed by atoms with E-state index in [2.05, 4.69) is 0 Å². The Labute approximate surface area is 91.0 Å². The van der Waals surface area contributed by atoms with Gasteiger partial charge in [0.1, 0.15) is 5.92 Å². The highest BCUT2D eigenvalue weighted by Crippen LogP contribution is 2.14. The number of aliphatic carboxylic acids is 1. The van der Waals surface area contributed by atoms with Gasteiger partial charge in [0.15, 0.2) is 5.78 Å². The van der Waals surface area contributed by atoms with Gasteiger partial charge in [-0.05, 0) is 6.42 Å². The van der Waals surface area contributed by atoms with Crippen LogP contribution in [0.1, 0.15) is 19.3 Å². The van der Waals surface area contributed by atoms with Crippen LogP contribution in [0.2, 0.25) is 0 Å². The summed E-state index contributed by atoms with van der Waals surface area (Å²) in [6.07, 6.45) is -0.472. The van der Waals surface area contributed by atoms with Gasteiger partial charge < -0.3 is 10.8 Å². The fraction of sp³-hybridized carbons (Fsp3) is 0.556. The number of amides is 2. The molecule has 4 N–H and O–H groups in total. The van der Waals surface area contributed by atoms with E-state index in [1.54, 1.807) is 0 Å². The summed E-state index contributed by atoms with van der Waals surface area (Å²) in [5.74, 6) is -3.86. The number of ketones is 1. The number of imide groups is 1. The third-order valence-electron chi connectivity index (χ3n) is 2.35. The number of nitrogens with one attached hydrogen (secondary N) is 1. The zero-order valence-corrected chi connectivity index (χ0v) is 8.43. The Balaban J connectivity index is 2.53. The van der Waals surface area contributed by atoms with Gasteiger partial charge in [-0.3, -0.25) is 24.5 Å². The van der Waals surface area contributed by atoms with E-state index in [0.29, 0.717) is 0 Å². The second-order valence-corrected chi connectivity index (χ2v) is 3.61. The average Bonchev–Trinajstić information content (AvgIpc) is 2.53. The van der Waals surface area contributed by atoms with Crippen LogP contribution in [0.3, 0.4) is 0 Å². The molecule has 0 aliphatic carbocycles. The van der Waals surface area contributed by atoms with Crippen LogP contribution >= 0.6 is 0 Å². The molecule has 16 heavy (non-hydrogen) atoms. The Morgan fingerprint density at radius 1 is 1.50 bits per heavy atom. The molecule has 0 aromatic heterocycles. The molecule has 0 aromatic rings. The molecule has 7 heteroatoms. The number of carbonyl (C=O) groups is 4. The molecule has 1 aliphatic heterocycles. The summed E-state index contributed by atoms with van der Waals surface area (Å²) in [5.41, 5.74) is 5.45. The smallest absolute Gasteiger partial charge is 0.303 e. The van der Waals surface area contributed by atoms with Gasteiger partial charge in [0, 0.05) is 12.8 Å². The van der Waals surface area contributed by atoms with Crippen LogP contribution in [0.25, 0.3) is 0 Å². The van der Waals surface area contributed by atoms with E-state index in [-0.39, 0.29) is 19.3 Å². The van der Waals surface area contributed by atoms with E-state index < -0.39 is 35.5 Å². The van der Waals surface area contributed by atoms with Gasteiger partial charge in [-0.25, -0.2) is 0 Å². The molecule has 0 saturated carbocycles. The number of nitrogens with two attached hydrogens (primary N) is 1. The van der Waals surface area contributed by atoms with Crippen LogP contribution in [0.15, 0.2) is 0 Å². The first-order valence-corrected chi connectivity index (χ1v) is 4.76. The highest BCUT2D eigenvalue weighted by molar-refractivity contribution is 6.15. The molecule has 0 radical (unpaired) electrons. The zero-order chi connectivity index (χ0) is 12.3. The highest BCUT2D eigenvalue weighted by Gasteiger charge is 2.38. The first kappa shape index (κ1) is 12.3. The molecule has 1 aliphatic rings. The molecule has 1 saturated heterocycles. The minimum atomic E-state index is -1.06. The second-order valence-electron chi connectivity index (χ2n) is 3.61. The predicted molar refractivity (Wildman–Crippen MR) is 51.1 cm³/mol. The standard InChI is InChI=1S/C9H12N2O5/c10-5(1-2-7(13)14)8(15)4-3-6(12)11-9(4)16/h4-5H,1-3,10H2,(H,13,14)(H,11,12,16)/t4?,5-/m0/s1. The summed E-state index contributed by atoms with van der Waals surface area (Å²) in [5, 5.41) is 10.4. The maximum Gasteiger partial charge on any atom is 0.303 e. The van der Waals surface area contributed by atoms with Crippen LogP contribution in [-0.2, 0) is 19.2 Å². The summed E-state index contributed by atoms with van der Waals surface area (Å²) < 4.78 is 0. The third kappa shape index (κ3) is 2.86. The first-order valence-electron chi connectivity index (χ1n) is 4.76. The number of carbonyl (C=O) groups excluding carboxylic acids is 3. The molecule has 7 nitrogen and oxygen atoms in total. The number of carboxylic acids is 1. The highest BCUT2D eigenvalue weighted by atomic mass is 16.4. The maximum atomic E-state index is 11.6. The molecule has 2 atom stereocenters. The van der Waals surface area contributed by atoms with Crippen molar-refractivity contribution in [3.8, 4) is 0 Å². The summed E-state index contributed by atoms with van der Waals surface area (Å²) in [7, 11) is 0. The van der Waals surface area contributed by atoms with Crippen molar-refractivity contribution in [3.05, 3.63) is 0 Å². The normalized spacial score (nSPS) is 21.7. The Hall–Kier alpha value is -1.76. The Bertz CT molecular complexity index is 352. The summed E-state index contributed by atoms with van der Waals surface area (Å²) in [4.78, 5) is 43.8. The molecule has 2 amide bonds. The Morgan fingerprint density at radius 3 is 2.56 bits per heavy atom. The van der Waals surface area contributed by atoms with Gasteiger partial charge in [-0.15, -0.1) is 0 Å². The van der Waals surface area contributed by atoms with Gasteiger partial charge >= 0.3 is 5.97 Å². The van der Waals surface area contributed by atoms with Crippen molar-refractivity contribution < 1.29 is 24.3 Å². The zero-order valence-electron chi connectivity index (χ0n) is 8.43. The molecule has 1 unspecified atom stereocenters. The SMILES string of the molecule is N[C@@H](CCC(=O)O)C(=O)C1CC(=O)NC1=O. The van der Waals surface area contributed by atoms with Crippen LogP contribution in [0.5, 0.6) is 0 Å². The fourth-order valence-electron chi connectivity index (χ4n) is 1.46. The van der Waals surface area contributed by atoms with Crippen LogP contribution < -0.4 is 11.1 Å². The van der Waals surface area contributed by atoms with Crippen molar-refractivity contribution in [2.24, 2.45) is 11.7 Å². The number of Topliss-reactive ketones (excluding diaryl/α,β-unsaturated/α-hetero) is 1. The fourth-order valence-corrected chi connectivity index (χ4v) is 1.46. The molecule has 1 heterocycles. The molecule has 1 rings (SSSR count). The predicted octanol–water partition coefficient (Wildman–Crippen LogP) is -1.59.